The lowest BCUT2D eigenvalue weighted by Crippen LogP contribution is -2.26. The summed E-state index contributed by atoms with van der Waals surface area (Å²) >= 11 is 5.99. The van der Waals surface area contributed by atoms with E-state index >= 15 is 0 Å². The maximum absolute atomic E-state index is 13.8. The van der Waals surface area contributed by atoms with Crippen LogP contribution >= 0.6 is 11.6 Å². The number of benzene rings is 3. The molecule has 3 aliphatic carbocycles. The quantitative estimate of drug-likeness (QED) is 0.0737. The lowest BCUT2D eigenvalue weighted by molar-refractivity contribution is 0.0908. The summed E-state index contributed by atoms with van der Waals surface area (Å²) in [6.07, 6.45) is 14.8. The zero-order valence-corrected chi connectivity index (χ0v) is 46.1. The van der Waals surface area contributed by atoms with E-state index in [9.17, 15) is 18.8 Å². The van der Waals surface area contributed by atoms with Crippen molar-refractivity contribution in [2.24, 2.45) is 29.1 Å². The van der Waals surface area contributed by atoms with Gasteiger partial charge in [-0.2, -0.15) is 0 Å². The highest BCUT2D eigenvalue weighted by molar-refractivity contribution is 6.31. The average Bonchev–Trinajstić information content (AvgIpc) is 4.35. The second-order valence-corrected chi connectivity index (χ2v) is 22.7. The van der Waals surface area contributed by atoms with Gasteiger partial charge >= 0.3 is 0 Å². The largest absolute Gasteiger partial charge is 0.356 e. The number of carbonyl (C=O) groups is 3. The summed E-state index contributed by atoms with van der Waals surface area (Å²) in [6.45, 7) is 12.9. The van der Waals surface area contributed by atoms with Crippen LogP contribution in [-0.4, -0.2) is 47.3 Å². The molecule has 0 amide bonds. The van der Waals surface area contributed by atoms with Crippen LogP contribution in [0, 0.1) is 34.9 Å². The standard InChI is InChI=1S/2C22H23N3O.C21H19ClFN3O/c2*1-14(2)16-12-18-20(19(26)13-16)22(24-17-6-4-3-5-7-17)21(25-18)15-8-10-23-11-9-15;1-21(2)10-16-18(17(27)11-21)20(19(26-16)12-3-5-24-6-4-12)25-15-8-13(22)7-14(23)9-15/h2*3-11,14,16,24-25H,12-13H2,1-2H3;3-9,25-26H,10-11H2,1-2H3. The van der Waals surface area contributed by atoms with Gasteiger partial charge in [-0.05, 0) is 127 Å². The van der Waals surface area contributed by atoms with Crippen molar-refractivity contribution in [2.45, 2.75) is 80.1 Å². The minimum atomic E-state index is -0.438. The number of pyridine rings is 3. The highest BCUT2D eigenvalue weighted by Crippen LogP contribution is 2.45. The summed E-state index contributed by atoms with van der Waals surface area (Å²) in [4.78, 5) is 61.7. The zero-order chi connectivity index (χ0) is 55.4. The van der Waals surface area contributed by atoms with Crippen LogP contribution < -0.4 is 16.0 Å². The predicted molar refractivity (Wildman–Crippen MR) is 315 cm³/mol. The first-order valence-electron chi connectivity index (χ1n) is 27.0. The Morgan fingerprint density at radius 1 is 0.494 bits per heavy atom. The van der Waals surface area contributed by atoms with Crippen molar-refractivity contribution in [1.29, 1.82) is 0 Å². The molecule has 9 aromatic rings. The van der Waals surface area contributed by atoms with E-state index in [1.807, 2.05) is 97.1 Å². The average molecular weight is 1070 g/mol. The lowest BCUT2D eigenvalue weighted by atomic mass is 9.76. The van der Waals surface area contributed by atoms with Crippen LogP contribution in [0.4, 0.5) is 38.5 Å². The number of hydrogen-bond acceptors (Lipinski definition) is 9. The first-order chi connectivity index (χ1) is 38.1. The number of aromatic amines is 3. The van der Waals surface area contributed by atoms with Crippen LogP contribution in [0.5, 0.6) is 0 Å². The molecule has 14 heteroatoms. The van der Waals surface area contributed by atoms with Crippen LogP contribution in [0.25, 0.3) is 33.8 Å². The van der Waals surface area contributed by atoms with E-state index in [1.54, 1.807) is 43.2 Å². The maximum Gasteiger partial charge on any atom is 0.167 e. The Hall–Kier alpha value is -8.42. The Balaban J connectivity index is 0.000000134. The van der Waals surface area contributed by atoms with Gasteiger partial charge in [-0.25, -0.2) is 4.39 Å². The Kier molecular flexibility index (Phi) is 15.9. The van der Waals surface area contributed by atoms with Crippen molar-refractivity contribution in [3.8, 4) is 33.8 Å². The molecule has 3 aliphatic rings. The van der Waals surface area contributed by atoms with E-state index in [4.69, 9.17) is 11.6 Å². The molecule has 402 valence electrons. The number of H-pyrrole nitrogens is 3. The van der Waals surface area contributed by atoms with Crippen LogP contribution in [0.15, 0.2) is 152 Å². The fourth-order valence-electron chi connectivity index (χ4n) is 11.1. The monoisotopic (exact) mass is 1070 g/mol. The first-order valence-corrected chi connectivity index (χ1v) is 27.4. The lowest BCUT2D eigenvalue weighted by Gasteiger charge is -2.28. The summed E-state index contributed by atoms with van der Waals surface area (Å²) in [5, 5.41) is 10.5. The molecule has 0 saturated carbocycles. The molecule has 0 radical (unpaired) electrons. The predicted octanol–water partition coefficient (Wildman–Crippen LogP) is 16.2. The van der Waals surface area contributed by atoms with Gasteiger partial charge in [0.15, 0.2) is 17.3 Å². The van der Waals surface area contributed by atoms with Gasteiger partial charge in [-0.15, -0.1) is 0 Å². The van der Waals surface area contributed by atoms with Crippen molar-refractivity contribution >= 4 is 63.1 Å². The second kappa shape index (κ2) is 23.3. The summed E-state index contributed by atoms with van der Waals surface area (Å²) in [5.41, 5.74) is 15.7. The van der Waals surface area contributed by atoms with Crippen molar-refractivity contribution in [1.82, 2.24) is 29.9 Å². The Morgan fingerprint density at radius 3 is 1.27 bits per heavy atom. The molecule has 2 atom stereocenters. The van der Waals surface area contributed by atoms with Crippen molar-refractivity contribution < 1.29 is 18.8 Å². The third-order valence-corrected chi connectivity index (χ3v) is 15.4. The molecule has 0 fully saturated rings. The van der Waals surface area contributed by atoms with Gasteiger partial charge in [0.2, 0.25) is 0 Å². The van der Waals surface area contributed by atoms with Crippen LogP contribution in [0.1, 0.15) is 109 Å². The molecule has 0 bridgehead atoms. The molecule has 2 unspecified atom stereocenters. The molecular formula is C65H65ClFN9O3. The number of nitrogens with one attached hydrogen (secondary N) is 6. The van der Waals surface area contributed by atoms with E-state index in [1.165, 1.54) is 12.1 Å². The minimum absolute atomic E-state index is 0.0720. The molecule has 6 N–H and O–H groups in total. The van der Waals surface area contributed by atoms with Crippen molar-refractivity contribution in [3.05, 3.63) is 197 Å². The molecular weight excluding hydrogens is 1010 g/mol. The number of anilines is 6. The topological polar surface area (TPSA) is 173 Å². The summed E-state index contributed by atoms with van der Waals surface area (Å²) in [7, 11) is 0. The highest BCUT2D eigenvalue weighted by atomic mass is 35.5. The number of hydrogen-bond donors (Lipinski definition) is 6. The molecule has 0 aliphatic heterocycles. The zero-order valence-electron chi connectivity index (χ0n) is 45.3. The van der Waals surface area contributed by atoms with Gasteiger partial charge in [0, 0.05) is 112 Å². The van der Waals surface area contributed by atoms with Gasteiger partial charge in [-0.3, -0.25) is 29.3 Å². The van der Waals surface area contributed by atoms with E-state index < -0.39 is 5.82 Å². The number of nitrogens with zero attached hydrogens (tertiary/aromatic N) is 3. The number of ketones is 3. The van der Waals surface area contributed by atoms with E-state index in [-0.39, 0.29) is 22.8 Å². The molecule has 0 saturated heterocycles. The number of carbonyl (C=O) groups excluding carboxylic acids is 3. The maximum atomic E-state index is 13.8. The third-order valence-electron chi connectivity index (χ3n) is 15.2. The summed E-state index contributed by atoms with van der Waals surface area (Å²) < 4.78 is 13.8. The van der Waals surface area contributed by atoms with E-state index in [0.29, 0.717) is 64.9 Å². The van der Waals surface area contributed by atoms with Gasteiger partial charge in [-0.1, -0.05) is 89.5 Å². The molecule has 79 heavy (non-hydrogen) atoms. The summed E-state index contributed by atoms with van der Waals surface area (Å²) in [5.74, 6) is 1.85. The SMILES string of the molecule is CC(C)C1CC(=O)c2c([nH]c(-c3ccncc3)c2Nc2ccccc2)C1.CC(C)C1CC(=O)c2c([nH]c(-c3ccncc3)c2Nc2ccccc2)C1.CC1(C)CC(=O)c2c([nH]c(-c3ccncc3)c2Nc2cc(F)cc(Cl)c2)C1. The number of aromatic nitrogens is 6. The normalized spacial score (nSPS) is 16.2. The van der Waals surface area contributed by atoms with E-state index in [0.717, 1.165) is 104 Å². The molecule has 6 aromatic heterocycles. The highest BCUT2D eigenvalue weighted by Gasteiger charge is 2.37. The smallest absolute Gasteiger partial charge is 0.167 e. The molecule has 0 spiro atoms. The van der Waals surface area contributed by atoms with Crippen LogP contribution in [0.3, 0.4) is 0 Å². The second-order valence-electron chi connectivity index (χ2n) is 22.3. The number of halogens is 2. The van der Waals surface area contributed by atoms with Crippen LogP contribution in [-0.2, 0) is 19.3 Å². The van der Waals surface area contributed by atoms with Gasteiger partial charge in [0.1, 0.15) is 5.82 Å². The number of rotatable bonds is 11. The first kappa shape index (κ1) is 54.0. The van der Waals surface area contributed by atoms with Gasteiger partial charge in [0.05, 0.1) is 50.8 Å². The molecule has 6 heterocycles. The fourth-order valence-corrected chi connectivity index (χ4v) is 11.3. The van der Waals surface area contributed by atoms with E-state index in [2.05, 4.69) is 87.4 Å². The summed E-state index contributed by atoms with van der Waals surface area (Å²) in [6, 6.07) is 35.9. The van der Waals surface area contributed by atoms with Gasteiger partial charge < -0.3 is 30.9 Å². The number of para-hydroxylation sites is 2. The third kappa shape index (κ3) is 12.2. The Bertz CT molecular complexity index is 3440. The minimum Gasteiger partial charge on any atom is -0.356 e. The Morgan fingerprint density at radius 2 is 0.873 bits per heavy atom. The number of fused-ring (bicyclic) bond motifs is 3. The fraction of sp³-hybridized carbons (Fsp3) is 0.262. The van der Waals surface area contributed by atoms with Crippen molar-refractivity contribution in [2.75, 3.05) is 16.0 Å². The van der Waals surface area contributed by atoms with Crippen LogP contribution in [0.2, 0.25) is 5.02 Å². The Labute approximate surface area is 465 Å². The number of Topliss-reactive ketones (excluding diaryl/α,β-unsaturated/α-hetero) is 3. The van der Waals surface area contributed by atoms with Gasteiger partial charge in [0.25, 0.3) is 0 Å². The molecule has 3 aromatic carbocycles. The van der Waals surface area contributed by atoms with Crippen molar-refractivity contribution in [3.63, 3.8) is 0 Å². The molecule has 12 nitrogen and oxygen atoms in total. The molecule has 12 rings (SSSR count).